The van der Waals surface area contributed by atoms with Crippen LogP contribution in [0.2, 0.25) is 0 Å². The molecule has 0 fully saturated rings. The molecule has 5 N–H and O–H groups in total. The van der Waals surface area contributed by atoms with Crippen LogP contribution in [-0.2, 0) is 20.2 Å². The minimum Gasteiger partial charge on any atom is -0.508 e. The van der Waals surface area contributed by atoms with Gasteiger partial charge in [-0.2, -0.15) is 32.2 Å². The van der Waals surface area contributed by atoms with Gasteiger partial charge < -0.3 is 15.3 Å². The first-order chi connectivity index (χ1) is 18.1. The standard InChI is InChI=1S/C24H20N4O9S2/c1-12-8-19(13(2)7-18(12)26-25-15-3-5-16(29)6-4-15)27-28-23-21(39(35,36)37)10-14-9-17(38(32,33)34)11-20(30)22(14)24(23)31/h3-11,29-31H,1-2H3,(H,32,33,34)(H,35,36,37)/b26-25+,28-27+. The third-order valence-electron chi connectivity index (χ3n) is 5.57. The summed E-state index contributed by atoms with van der Waals surface area (Å²) in [6.45, 7) is 3.38. The maximum absolute atomic E-state index is 12.1. The van der Waals surface area contributed by atoms with Crippen molar-refractivity contribution >= 4 is 53.8 Å². The average molecular weight is 573 g/mol. The maximum Gasteiger partial charge on any atom is 0.296 e. The van der Waals surface area contributed by atoms with Crippen LogP contribution in [0, 0.1) is 13.8 Å². The Morgan fingerprint density at radius 2 is 1.23 bits per heavy atom. The molecule has 0 spiro atoms. The Bertz CT molecular complexity index is 1900. The zero-order chi connectivity index (χ0) is 28.7. The lowest BCUT2D eigenvalue weighted by Crippen LogP contribution is -2.01. The van der Waals surface area contributed by atoms with Crippen LogP contribution in [0.15, 0.2) is 84.8 Å². The summed E-state index contributed by atoms with van der Waals surface area (Å²) in [5.41, 5.74) is 1.69. The van der Waals surface area contributed by atoms with Gasteiger partial charge in [-0.25, -0.2) is 0 Å². The Hall–Kier alpha value is -4.44. The molecule has 39 heavy (non-hydrogen) atoms. The highest BCUT2D eigenvalue weighted by Crippen LogP contribution is 2.45. The molecule has 0 atom stereocenters. The molecule has 4 aromatic rings. The lowest BCUT2D eigenvalue weighted by Gasteiger charge is -2.11. The maximum atomic E-state index is 12.1. The Balaban J connectivity index is 1.80. The summed E-state index contributed by atoms with van der Waals surface area (Å²) in [6.07, 6.45) is 0. The van der Waals surface area contributed by atoms with Crippen LogP contribution >= 0.6 is 0 Å². The normalized spacial score (nSPS) is 12.6. The van der Waals surface area contributed by atoms with Crippen LogP contribution in [0.5, 0.6) is 17.2 Å². The largest absolute Gasteiger partial charge is 0.508 e. The van der Waals surface area contributed by atoms with Crippen molar-refractivity contribution in [3.8, 4) is 17.2 Å². The summed E-state index contributed by atoms with van der Waals surface area (Å²) >= 11 is 0. The minimum absolute atomic E-state index is 0.0864. The number of hydrogen-bond acceptors (Lipinski definition) is 11. The molecule has 0 amide bonds. The van der Waals surface area contributed by atoms with Crippen molar-refractivity contribution in [2.75, 3.05) is 0 Å². The molecule has 0 aliphatic rings. The van der Waals surface area contributed by atoms with E-state index in [0.29, 0.717) is 28.6 Å². The van der Waals surface area contributed by atoms with Crippen molar-refractivity contribution < 1.29 is 41.3 Å². The fraction of sp³-hybridized carbons (Fsp3) is 0.0833. The first kappa shape index (κ1) is 27.6. The Labute approximate surface area is 221 Å². The number of azo groups is 2. The molecule has 0 aliphatic carbocycles. The molecular weight excluding hydrogens is 552 g/mol. The number of benzene rings is 4. The second-order valence-corrected chi connectivity index (χ2v) is 11.2. The molecule has 0 bridgehead atoms. The predicted molar refractivity (Wildman–Crippen MR) is 139 cm³/mol. The molecule has 202 valence electrons. The lowest BCUT2D eigenvalue weighted by molar-refractivity contribution is 0.457. The Kier molecular flexibility index (Phi) is 7.10. The van der Waals surface area contributed by atoms with Crippen molar-refractivity contribution in [3.63, 3.8) is 0 Å². The molecule has 0 unspecified atom stereocenters. The SMILES string of the molecule is Cc1cc(/N=N/c2c(S(=O)(=O)O)cc3cc(S(=O)(=O)O)cc(O)c3c2O)c(C)cc1/N=N/c1ccc(O)cc1. The number of nitrogens with zero attached hydrogens (tertiary/aromatic N) is 4. The van der Waals surface area contributed by atoms with E-state index in [2.05, 4.69) is 20.5 Å². The number of hydrogen-bond donors (Lipinski definition) is 5. The lowest BCUT2D eigenvalue weighted by atomic mass is 10.1. The van der Waals surface area contributed by atoms with E-state index in [1.54, 1.807) is 38.1 Å². The van der Waals surface area contributed by atoms with Gasteiger partial charge in [0.25, 0.3) is 20.2 Å². The zero-order valence-electron chi connectivity index (χ0n) is 20.2. The predicted octanol–water partition coefficient (Wildman–Crippen LogP) is 5.90. The summed E-state index contributed by atoms with van der Waals surface area (Å²) in [7, 11) is -9.81. The molecule has 15 heteroatoms. The molecule has 13 nitrogen and oxygen atoms in total. The van der Waals surface area contributed by atoms with Crippen molar-refractivity contribution in [1.29, 1.82) is 0 Å². The topological polar surface area (TPSA) is 219 Å². The average Bonchev–Trinajstić information content (AvgIpc) is 2.83. The van der Waals surface area contributed by atoms with Gasteiger partial charge in [-0.15, -0.1) is 5.11 Å². The molecule has 0 saturated carbocycles. The highest BCUT2D eigenvalue weighted by Gasteiger charge is 2.25. The van der Waals surface area contributed by atoms with E-state index in [-0.39, 0.29) is 22.2 Å². The van der Waals surface area contributed by atoms with E-state index in [1.165, 1.54) is 12.1 Å². The summed E-state index contributed by atoms with van der Waals surface area (Å²) < 4.78 is 66.2. The van der Waals surface area contributed by atoms with Gasteiger partial charge in [-0.1, -0.05) is 0 Å². The molecule has 0 saturated heterocycles. The molecule has 0 aromatic heterocycles. The van der Waals surface area contributed by atoms with Gasteiger partial charge in [0.05, 0.1) is 27.3 Å². The quantitative estimate of drug-likeness (QED) is 0.137. The van der Waals surface area contributed by atoms with Gasteiger partial charge in [-0.3, -0.25) is 9.11 Å². The van der Waals surface area contributed by atoms with Crippen LogP contribution in [0.3, 0.4) is 0 Å². The highest BCUT2D eigenvalue weighted by molar-refractivity contribution is 7.86. The first-order valence-electron chi connectivity index (χ1n) is 10.9. The third kappa shape index (κ3) is 5.85. The Morgan fingerprint density at radius 3 is 1.77 bits per heavy atom. The minimum atomic E-state index is -5.02. The summed E-state index contributed by atoms with van der Waals surface area (Å²) in [5.74, 6) is -1.62. The van der Waals surface area contributed by atoms with Crippen LogP contribution in [0.25, 0.3) is 10.8 Å². The highest BCUT2D eigenvalue weighted by atomic mass is 32.2. The number of phenols is 3. The van der Waals surface area contributed by atoms with E-state index >= 15 is 0 Å². The van der Waals surface area contributed by atoms with E-state index in [0.717, 1.165) is 12.1 Å². The van der Waals surface area contributed by atoms with Crippen LogP contribution in [-0.4, -0.2) is 41.3 Å². The van der Waals surface area contributed by atoms with E-state index in [9.17, 15) is 41.3 Å². The number of fused-ring (bicyclic) bond motifs is 1. The number of phenolic OH excluding ortho intramolecular Hbond substituents is 3. The van der Waals surface area contributed by atoms with E-state index in [1.807, 2.05) is 0 Å². The monoisotopic (exact) mass is 572 g/mol. The molecule has 4 aromatic carbocycles. The van der Waals surface area contributed by atoms with Crippen molar-refractivity contribution in [2.45, 2.75) is 23.6 Å². The summed E-state index contributed by atoms with van der Waals surface area (Å²) in [5, 5.41) is 45.9. The number of aryl methyl sites for hydroxylation is 2. The molecule has 0 aliphatic heterocycles. The third-order valence-corrected chi connectivity index (χ3v) is 7.27. The summed E-state index contributed by atoms with van der Waals surface area (Å²) in [6, 6.07) is 11.5. The molecule has 4 rings (SSSR count). The van der Waals surface area contributed by atoms with Crippen molar-refractivity contribution in [2.24, 2.45) is 20.5 Å². The van der Waals surface area contributed by atoms with Crippen LogP contribution < -0.4 is 0 Å². The summed E-state index contributed by atoms with van der Waals surface area (Å²) in [4.78, 5) is -1.69. The van der Waals surface area contributed by atoms with Gasteiger partial charge >= 0.3 is 0 Å². The molecular formula is C24H20N4O9S2. The van der Waals surface area contributed by atoms with Gasteiger partial charge in [0.2, 0.25) is 0 Å². The van der Waals surface area contributed by atoms with Gasteiger partial charge in [0, 0.05) is 6.07 Å². The smallest absolute Gasteiger partial charge is 0.296 e. The second kappa shape index (κ2) is 10.0. The van der Waals surface area contributed by atoms with Crippen LogP contribution in [0.1, 0.15) is 11.1 Å². The number of rotatable bonds is 6. The molecule has 0 radical (unpaired) electrons. The second-order valence-electron chi connectivity index (χ2n) is 8.40. The fourth-order valence-electron chi connectivity index (χ4n) is 3.62. The van der Waals surface area contributed by atoms with E-state index in [4.69, 9.17) is 0 Å². The van der Waals surface area contributed by atoms with Gasteiger partial charge in [0.1, 0.15) is 22.1 Å². The zero-order valence-corrected chi connectivity index (χ0v) is 21.8. The van der Waals surface area contributed by atoms with Crippen molar-refractivity contribution in [1.82, 2.24) is 0 Å². The fourth-order valence-corrected chi connectivity index (χ4v) is 4.81. The van der Waals surface area contributed by atoms with Gasteiger partial charge in [0.15, 0.2) is 5.75 Å². The molecule has 0 heterocycles. The first-order valence-corrected chi connectivity index (χ1v) is 13.7. The number of aromatic hydroxyl groups is 3. The van der Waals surface area contributed by atoms with Crippen molar-refractivity contribution in [3.05, 3.63) is 65.7 Å². The Morgan fingerprint density at radius 1 is 0.667 bits per heavy atom. The van der Waals surface area contributed by atoms with Crippen LogP contribution in [0.4, 0.5) is 22.7 Å². The van der Waals surface area contributed by atoms with E-state index < -0.39 is 47.2 Å². The van der Waals surface area contributed by atoms with Gasteiger partial charge in [-0.05, 0) is 78.9 Å².